The third-order valence-electron chi connectivity index (χ3n) is 6.39. The van der Waals surface area contributed by atoms with Crippen molar-refractivity contribution in [1.82, 2.24) is 9.88 Å². The van der Waals surface area contributed by atoms with Gasteiger partial charge in [0.25, 0.3) is 5.91 Å². The number of amides is 2. The third kappa shape index (κ3) is 7.54. The van der Waals surface area contributed by atoms with Crippen molar-refractivity contribution in [3.63, 3.8) is 0 Å². The Morgan fingerprint density at radius 2 is 1.73 bits per heavy atom. The SMILES string of the molecule is CCOc1ccccc1NC(=O)OCCN1CCN(c2cccc(NC(=O)c3ccc(OC)nc3OC)c2)CC1. The zero-order chi connectivity index (χ0) is 28.3. The fourth-order valence-electron chi connectivity index (χ4n) is 4.34. The highest BCUT2D eigenvalue weighted by atomic mass is 16.5. The summed E-state index contributed by atoms with van der Waals surface area (Å²) in [6.07, 6.45) is -0.507. The molecule has 212 valence electrons. The largest absolute Gasteiger partial charge is 0.492 e. The van der Waals surface area contributed by atoms with E-state index < -0.39 is 6.09 Å². The number of pyridine rings is 1. The van der Waals surface area contributed by atoms with E-state index in [1.165, 1.54) is 14.2 Å². The summed E-state index contributed by atoms with van der Waals surface area (Å²) in [7, 11) is 2.97. The van der Waals surface area contributed by atoms with Crippen molar-refractivity contribution in [2.75, 3.05) is 75.7 Å². The molecule has 0 atom stereocenters. The highest BCUT2D eigenvalue weighted by Gasteiger charge is 2.19. The standard InChI is InChI=1S/C29H35N5O6/c1-4-39-25-11-6-5-10-24(25)31-29(36)40-19-18-33-14-16-34(17-15-33)22-9-7-8-21(20-22)30-27(35)23-12-13-26(37-2)32-28(23)38-3/h5-13,20H,4,14-19H2,1-3H3,(H,30,35)(H,31,36). The van der Waals surface area contributed by atoms with Crippen molar-refractivity contribution in [2.45, 2.75) is 6.92 Å². The van der Waals surface area contributed by atoms with Crippen molar-refractivity contribution in [3.05, 3.63) is 66.2 Å². The van der Waals surface area contributed by atoms with Gasteiger partial charge in [-0.05, 0) is 43.3 Å². The van der Waals surface area contributed by atoms with Crippen molar-refractivity contribution < 1.29 is 28.5 Å². The van der Waals surface area contributed by atoms with Crippen molar-refractivity contribution >= 4 is 29.1 Å². The predicted octanol–water partition coefficient (Wildman–Crippen LogP) is 4.12. The summed E-state index contributed by atoms with van der Waals surface area (Å²) in [5.41, 5.74) is 2.59. The van der Waals surface area contributed by atoms with Gasteiger partial charge in [-0.25, -0.2) is 4.79 Å². The van der Waals surface area contributed by atoms with Gasteiger partial charge in [0.1, 0.15) is 17.9 Å². The molecular weight excluding hydrogens is 514 g/mol. The Morgan fingerprint density at radius 3 is 2.48 bits per heavy atom. The molecule has 1 aromatic heterocycles. The Hall–Kier alpha value is -4.51. The van der Waals surface area contributed by atoms with Gasteiger partial charge < -0.3 is 29.2 Å². The zero-order valence-electron chi connectivity index (χ0n) is 23.0. The molecule has 2 aromatic carbocycles. The molecule has 1 aliphatic rings. The number of anilines is 3. The van der Waals surface area contributed by atoms with E-state index >= 15 is 0 Å². The van der Waals surface area contributed by atoms with Gasteiger partial charge in [0.05, 0.1) is 26.5 Å². The van der Waals surface area contributed by atoms with E-state index in [4.69, 9.17) is 18.9 Å². The smallest absolute Gasteiger partial charge is 0.411 e. The van der Waals surface area contributed by atoms with Crippen LogP contribution in [0.2, 0.25) is 0 Å². The number of carbonyl (C=O) groups is 2. The van der Waals surface area contributed by atoms with Gasteiger partial charge in [-0.15, -0.1) is 0 Å². The molecule has 2 N–H and O–H groups in total. The van der Waals surface area contributed by atoms with Crippen LogP contribution < -0.4 is 29.7 Å². The normalized spacial score (nSPS) is 13.3. The average Bonchev–Trinajstić information content (AvgIpc) is 2.98. The number of hydrogen-bond donors (Lipinski definition) is 2. The van der Waals surface area contributed by atoms with Gasteiger partial charge >= 0.3 is 6.09 Å². The number of nitrogens with zero attached hydrogens (tertiary/aromatic N) is 3. The number of piperazine rings is 1. The fraction of sp³-hybridized carbons (Fsp3) is 0.345. The Bertz CT molecular complexity index is 1300. The van der Waals surface area contributed by atoms with Crippen LogP contribution in [0, 0.1) is 0 Å². The Morgan fingerprint density at radius 1 is 0.925 bits per heavy atom. The second kappa shape index (κ2) is 14.0. The molecule has 11 heteroatoms. The predicted molar refractivity (Wildman–Crippen MR) is 153 cm³/mol. The van der Waals surface area contributed by atoms with Gasteiger partial charge in [-0.2, -0.15) is 4.98 Å². The summed E-state index contributed by atoms with van der Waals surface area (Å²) in [5, 5.41) is 5.67. The first-order valence-electron chi connectivity index (χ1n) is 13.1. The van der Waals surface area contributed by atoms with Crippen LogP contribution in [0.4, 0.5) is 21.9 Å². The number of carbonyl (C=O) groups excluding carboxylic acids is 2. The molecule has 0 spiro atoms. The first kappa shape index (κ1) is 28.5. The van der Waals surface area contributed by atoms with E-state index in [2.05, 4.69) is 25.4 Å². The minimum atomic E-state index is -0.507. The van der Waals surface area contributed by atoms with E-state index in [0.717, 1.165) is 31.9 Å². The summed E-state index contributed by atoms with van der Waals surface area (Å²) >= 11 is 0. The monoisotopic (exact) mass is 549 g/mol. The number of hydrogen-bond acceptors (Lipinski definition) is 9. The van der Waals surface area contributed by atoms with Crippen LogP contribution in [-0.2, 0) is 4.74 Å². The number of rotatable bonds is 11. The summed E-state index contributed by atoms with van der Waals surface area (Å²) in [6, 6.07) is 18.2. The number of nitrogens with one attached hydrogen (secondary N) is 2. The molecule has 0 radical (unpaired) electrons. The molecule has 2 amide bonds. The molecule has 1 aliphatic heterocycles. The molecule has 1 fully saturated rings. The fourth-order valence-corrected chi connectivity index (χ4v) is 4.34. The summed E-state index contributed by atoms with van der Waals surface area (Å²) in [6.45, 7) is 6.59. The lowest BCUT2D eigenvalue weighted by Crippen LogP contribution is -2.47. The highest BCUT2D eigenvalue weighted by molar-refractivity contribution is 6.06. The third-order valence-corrected chi connectivity index (χ3v) is 6.39. The van der Waals surface area contributed by atoms with E-state index in [0.29, 0.717) is 41.7 Å². The first-order valence-corrected chi connectivity index (χ1v) is 13.1. The van der Waals surface area contributed by atoms with Crippen LogP contribution >= 0.6 is 0 Å². The van der Waals surface area contributed by atoms with Crippen LogP contribution in [0.15, 0.2) is 60.7 Å². The van der Waals surface area contributed by atoms with E-state index in [-0.39, 0.29) is 18.4 Å². The Labute approximate surface area is 234 Å². The summed E-state index contributed by atoms with van der Waals surface area (Å²) in [4.78, 5) is 33.8. The Kier molecular flexibility index (Phi) is 10.0. The van der Waals surface area contributed by atoms with E-state index in [1.807, 2.05) is 43.3 Å². The zero-order valence-corrected chi connectivity index (χ0v) is 23.0. The van der Waals surface area contributed by atoms with Gasteiger partial charge in [0, 0.05) is 50.2 Å². The topological polar surface area (TPSA) is 114 Å². The van der Waals surface area contributed by atoms with E-state index in [9.17, 15) is 9.59 Å². The highest BCUT2D eigenvalue weighted by Crippen LogP contribution is 2.25. The van der Waals surface area contributed by atoms with Gasteiger partial charge in [-0.1, -0.05) is 18.2 Å². The van der Waals surface area contributed by atoms with Crippen LogP contribution in [0.3, 0.4) is 0 Å². The lowest BCUT2D eigenvalue weighted by Gasteiger charge is -2.36. The molecule has 11 nitrogen and oxygen atoms in total. The van der Waals surface area contributed by atoms with Crippen LogP contribution in [0.25, 0.3) is 0 Å². The van der Waals surface area contributed by atoms with E-state index in [1.54, 1.807) is 24.3 Å². The molecule has 2 heterocycles. The van der Waals surface area contributed by atoms with Crippen LogP contribution in [-0.4, -0.2) is 82.0 Å². The first-order chi connectivity index (χ1) is 19.5. The lowest BCUT2D eigenvalue weighted by molar-refractivity contribution is 0.102. The van der Waals surface area contributed by atoms with Crippen molar-refractivity contribution in [2.24, 2.45) is 0 Å². The van der Waals surface area contributed by atoms with Gasteiger partial charge in [-0.3, -0.25) is 15.0 Å². The van der Waals surface area contributed by atoms with Gasteiger partial charge in [0.2, 0.25) is 11.8 Å². The number of aromatic nitrogens is 1. The molecule has 1 saturated heterocycles. The maximum absolute atomic E-state index is 12.9. The van der Waals surface area contributed by atoms with Crippen molar-refractivity contribution in [1.29, 1.82) is 0 Å². The maximum Gasteiger partial charge on any atom is 0.411 e. The molecule has 3 aromatic rings. The summed E-state index contributed by atoms with van der Waals surface area (Å²) < 4.78 is 21.3. The molecule has 0 aliphatic carbocycles. The lowest BCUT2D eigenvalue weighted by atomic mass is 10.2. The van der Waals surface area contributed by atoms with Gasteiger partial charge in [0.15, 0.2) is 0 Å². The molecule has 40 heavy (non-hydrogen) atoms. The molecule has 0 bridgehead atoms. The average molecular weight is 550 g/mol. The van der Waals surface area contributed by atoms with Crippen molar-refractivity contribution in [3.8, 4) is 17.5 Å². The number of para-hydroxylation sites is 2. The van der Waals surface area contributed by atoms with Crippen LogP contribution in [0.5, 0.6) is 17.5 Å². The number of methoxy groups -OCH3 is 2. The Balaban J connectivity index is 1.24. The molecule has 0 saturated carbocycles. The second-order valence-electron chi connectivity index (χ2n) is 8.93. The second-order valence-corrected chi connectivity index (χ2v) is 8.93. The minimum Gasteiger partial charge on any atom is -0.492 e. The summed E-state index contributed by atoms with van der Waals surface area (Å²) in [5.74, 6) is 0.854. The molecule has 4 rings (SSSR count). The minimum absolute atomic E-state index is 0.195. The number of ether oxygens (including phenoxy) is 4. The molecular formula is C29H35N5O6. The number of benzene rings is 2. The van der Waals surface area contributed by atoms with Crippen LogP contribution in [0.1, 0.15) is 17.3 Å². The molecule has 0 unspecified atom stereocenters. The maximum atomic E-state index is 12.9. The quantitative estimate of drug-likeness (QED) is 0.365.